The van der Waals surface area contributed by atoms with Crippen LogP contribution in [0.2, 0.25) is 18.8 Å². The molecular weight excluding hydrogens is 243 g/mol. The van der Waals surface area contributed by atoms with Crippen molar-refractivity contribution >= 4 is 18.4 Å². The summed E-state index contributed by atoms with van der Waals surface area (Å²) in [5, 5.41) is 0. The van der Waals surface area contributed by atoms with Crippen LogP contribution in [0.1, 0.15) is 19.8 Å². The van der Waals surface area contributed by atoms with Gasteiger partial charge in [0.1, 0.15) is 0 Å². The molecular formula is C9H20OSn. The molecule has 0 spiro atoms. The van der Waals surface area contributed by atoms with Gasteiger partial charge < -0.3 is 0 Å². The van der Waals surface area contributed by atoms with E-state index in [1.165, 1.54) is 12.8 Å². The van der Waals surface area contributed by atoms with E-state index in [-0.39, 0.29) is 0 Å². The first-order chi connectivity index (χ1) is 5.00. The second kappa shape index (κ2) is 3.65. The van der Waals surface area contributed by atoms with E-state index in [1.54, 1.807) is 0 Å². The second-order valence-electron chi connectivity index (χ2n) is 4.78. The zero-order valence-electron chi connectivity index (χ0n) is 8.18. The van der Waals surface area contributed by atoms with Crippen LogP contribution in [0, 0.1) is 0 Å². The van der Waals surface area contributed by atoms with Crippen molar-refractivity contribution < 1.29 is 4.74 Å². The Labute approximate surface area is 74.4 Å². The Kier molecular flexibility index (Phi) is 3.26. The summed E-state index contributed by atoms with van der Waals surface area (Å²) in [6.45, 7) is 3.25. The molecule has 0 aromatic heterocycles. The molecule has 0 radical (unpaired) electrons. The molecule has 1 heterocycles. The number of hydrogen-bond donors (Lipinski definition) is 0. The Hall–Kier alpha value is 0.759. The van der Waals surface area contributed by atoms with Gasteiger partial charge in [-0.05, 0) is 0 Å². The summed E-state index contributed by atoms with van der Waals surface area (Å²) in [5.41, 5.74) is 0. The van der Waals surface area contributed by atoms with Crippen LogP contribution in [0.25, 0.3) is 0 Å². The van der Waals surface area contributed by atoms with Crippen molar-refractivity contribution in [1.82, 2.24) is 0 Å². The number of ether oxygens (including phenoxy) is 1. The fourth-order valence-electron chi connectivity index (χ4n) is 1.57. The molecule has 11 heavy (non-hydrogen) atoms. The van der Waals surface area contributed by atoms with Crippen molar-refractivity contribution in [3.8, 4) is 0 Å². The van der Waals surface area contributed by atoms with Crippen LogP contribution in [-0.2, 0) is 4.74 Å². The average Bonchev–Trinajstić information content (AvgIpc) is 1.86. The zero-order valence-corrected chi connectivity index (χ0v) is 11.0. The van der Waals surface area contributed by atoms with Gasteiger partial charge in [-0.2, -0.15) is 0 Å². The quantitative estimate of drug-likeness (QED) is 0.661. The molecule has 2 atom stereocenters. The topological polar surface area (TPSA) is 9.23 Å². The van der Waals surface area contributed by atoms with Crippen LogP contribution in [0.15, 0.2) is 0 Å². The molecule has 1 fully saturated rings. The van der Waals surface area contributed by atoms with Gasteiger partial charge in [0.2, 0.25) is 0 Å². The second-order valence-corrected chi connectivity index (χ2v) is 20.6. The molecule has 0 amide bonds. The van der Waals surface area contributed by atoms with Crippen molar-refractivity contribution in [2.45, 2.75) is 44.6 Å². The van der Waals surface area contributed by atoms with Crippen LogP contribution < -0.4 is 0 Å². The van der Waals surface area contributed by atoms with E-state index in [9.17, 15) is 0 Å². The Morgan fingerprint density at radius 3 is 2.18 bits per heavy atom. The van der Waals surface area contributed by atoms with E-state index < -0.39 is 18.4 Å². The van der Waals surface area contributed by atoms with Gasteiger partial charge in [0.05, 0.1) is 0 Å². The third kappa shape index (κ3) is 2.94. The fraction of sp³-hybridized carbons (Fsp3) is 1.00. The first-order valence-electron chi connectivity index (χ1n) is 4.62. The minimum atomic E-state index is -1.60. The van der Waals surface area contributed by atoms with E-state index >= 15 is 0 Å². The van der Waals surface area contributed by atoms with E-state index in [2.05, 4.69) is 21.7 Å². The third-order valence-corrected chi connectivity index (χ3v) is 11.0. The van der Waals surface area contributed by atoms with E-state index in [1.807, 2.05) is 0 Å². The van der Waals surface area contributed by atoms with Gasteiger partial charge in [0.15, 0.2) is 0 Å². The summed E-state index contributed by atoms with van der Waals surface area (Å²) in [6.07, 6.45) is 3.25. The monoisotopic (exact) mass is 264 g/mol. The normalized spacial score (nSPS) is 33.8. The molecule has 0 N–H and O–H groups in total. The van der Waals surface area contributed by atoms with Gasteiger partial charge in [-0.25, -0.2) is 0 Å². The molecule has 1 aliphatic heterocycles. The maximum atomic E-state index is 5.67. The molecule has 2 heteroatoms. The van der Waals surface area contributed by atoms with Gasteiger partial charge in [-0.3, -0.25) is 0 Å². The first-order valence-corrected chi connectivity index (χ1v) is 14.8. The predicted octanol–water partition coefficient (Wildman–Crippen LogP) is 2.89. The fourth-order valence-corrected chi connectivity index (χ4v) is 6.22. The van der Waals surface area contributed by atoms with Crippen LogP contribution in [0.3, 0.4) is 0 Å². The summed E-state index contributed by atoms with van der Waals surface area (Å²) >= 11 is -1.60. The van der Waals surface area contributed by atoms with Crippen molar-refractivity contribution in [3.63, 3.8) is 0 Å². The molecule has 1 aliphatic rings. The molecule has 1 rings (SSSR count). The van der Waals surface area contributed by atoms with E-state index in [4.69, 9.17) is 4.74 Å². The number of hydrogen-bond acceptors (Lipinski definition) is 1. The molecule has 0 aromatic carbocycles. The summed E-state index contributed by atoms with van der Waals surface area (Å²) in [6, 6.07) is 0. The van der Waals surface area contributed by atoms with Gasteiger partial charge >= 0.3 is 74.3 Å². The minimum absolute atomic E-state index is 0.528. The van der Waals surface area contributed by atoms with Crippen molar-refractivity contribution in [2.75, 3.05) is 6.61 Å². The van der Waals surface area contributed by atoms with Crippen LogP contribution in [0.5, 0.6) is 0 Å². The predicted molar refractivity (Wildman–Crippen MR) is 51.7 cm³/mol. The van der Waals surface area contributed by atoms with E-state index in [0.29, 0.717) is 6.10 Å². The van der Waals surface area contributed by atoms with Gasteiger partial charge in [-0.15, -0.1) is 0 Å². The van der Waals surface area contributed by atoms with Gasteiger partial charge in [0, 0.05) is 0 Å². The molecule has 0 bridgehead atoms. The Balaban J connectivity index is 2.39. The van der Waals surface area contributed by atoms with Crippen LogP contribution >= 0.6 is 0 Å². The Morgan fingerprint density at radius 1 is 1.18 bits per heavy atom. The third-order valence-electron chi connectivity index (χ3n) is 2.73. The molecule has 0 aliphatic carbocycles. The molecule has 1 nitrogen and oxygen atoms in total. The molecule has 0 saturated carbocycles. The first kappa shape index (κ1) is 9.84. The van der Waals surface area contributed by atoms with E-state index in [0.717, 1.165) is 10.5 Å². The maximum absolute atomic E-state index is 5.67. The van der Waals surface area contributed by atoms with Crippen LogP contribution in [-0.4, -0.2) is 31.1 Å². The summed E-state index contributed by atoms with van der Waals surface area (Å²) in [7, 11) is 0. The van der Waals surface area contributed by atoms with Crippen molar-refractivity contribution in [2.24, 2.45) is 0 Å². The van der Waals surface area contributed by atoms with Gasteiger partial charge in [-0.1, -0.05) is 0 Å². The molecule has 0 aromatic rings. The Bertz CT molecular complexity index is 120. The molecule has 1 saturated heterocycles. The summed E-state index contributed by atoms with van der Waals surface area (Å²) in [4.78, 5) is 7.54. The van der Waals surface area contributed by atoms with Crippen molar-refractivity contribution in [3.05, 3.63) is 0 Å². The molecule has 2 unspecified atom stereocenters. The number of rotatable bonds is 1. The summed E-state index contributed by atoms with van der Waals surface area (Å²) in [5.74, 6) is 0. The zero-order chi connectivity index (χ0) is 8.48. The summed E-state index contributed by atoms with van der Waals surface area (Å²) < 4.78 is 6.64. The average molecular weight is 263 g/mol. The SMILES string of the molecule is CC1CC[CH]([Sn]([CH3])([CH3])[CH3])CO1. The van der Waals surface area contributed by atoms with Crippen LogP contribution in [0.4, 0.5) is 0 Å². The van der Waals surface area contributed by atoms with Crippen molar-refractivity contribution in [1.29, 1.82) is 0 Å². The Morgan fingerprint density at radius 2 is 1.82 bits per heavy atom. The standard InChI is InChI=1S/C6H11O.3CH3.Sn/c1-6-4-2-3-5-7-6;;;;/h3,6H,2,4-5H2,1H3;3*1H3;. The van der Waals surface area contributed by atoms with Gasteiger partial charge in [0.25, 0.3) is 0 Å². The molecule has 66 valence electrons.